The predicted octanol–water partition coefficient (Wildman–Crippen LogP) is 7.65. The lowest BCUT2D eigenvalue weighted by Crippen LogP contribution is -2.17. The van der Waals surface area contributed by atoms with Crippen molar-refractivity contribution in [2.24, 2.45) is 5.92 Å². The summed E-state index contributed by atoms with van der Waals surface area (Å²) in [5.41, 5.74) is 0.403. The van der Waals surface area contributed by atoms with Gasteiger partial charge in [0.1, 0.15) is 10.2 Å². The molecule has 1 N–H and O–H groups in total. The first-order valence-electron chi connectivity index (χ1n) is 10.3. The molecule has 1 saturated carbocycles. The average Bonchev–Trinajstić information content (AvgIpc) is 3.39. The number of anilines is 1. The first-order valence-corrected chi connectivity index (χ1v) is 12.2. The second-order valence-corrected chi connectivity index (χ2v) is 10.8. The van der Waals surface area contributed by atoms with Gasteiger partial charge >= 0.3 is 0 Å². The van der Waals surface area contributed by atoms with Crippen molar-refractivity contribution in [3.8, 4) is 0 Å². The van der Waals surface area contributed by atoms with Crippen molar-refractivity contribution < 1.29 is 18.9 Å². The number of rotatable bonds is 7. The molecule has 12 heteroatoms. The number of benzene rings is 3. The van der Waals surface area contributed by atoms with Crippen molar-refractivity contribution in [1.82, 2.24) is 0 Å². The molecule has 4 rings (SSSR count). The Morgan fingerprint density at radius 3 is 2.33 bits per heavy atom. The first kappa shape index (κ1) is 26.6. The highest BCUT2D eigenvalue weighted by atomic mass is 35.5. The molecule has 3 aromatic rings. The van der Waals surface area contributed by atoms with Gasteiger partial charge in [-0.05, 0) is 48.0 Å². The van der Waals surface area contributed by atoms with Gasteiger partial charge in [0.05, 0.1) is 32.0 Å². The van der Waals surface area contributed by atoms with E-state index in [1.54, 1.807) is 18.2 Å². The van der Waals surface area contributed by atoms with E-state index in [1.165, 1.54) is 24.3 Å². The van der Waals surface area contributed by atoms with Crippen LogP contribution in [0.25, 0.3) is 0 Å². The van der Waals surface area contributed by atoms with E-state index in [9.17, 15) is 24.1 Å². The van der Waals surface area contributed by atoms with Crippen molar-refractivity contribution in [3.63, 3.8) is 0 Å². The van der Waals surface area contributed by atoms with Crippen LogP contribution in [0.4, 0.5) is 15.8 Å². The number of nitro groups is 1. The Bertz CT molecular complexity index is 1420. The molecule has 0 radical (unpaired) electrons. The van der Waals surface area contributed by atoms with Gasteiger partial charge in [0, 0.05) is 29.2 Å². The van der Waals surface area contributed by atoms with Crippen molar-refractivity contribution in [2.45, 2.75) is 16.7 Å². The Morgan fingerprint density at radius 2 is 1.67 bits per heavy atom. The molecule has 0 spiro atoms. The summed E-state index contributed by atoms with van der Waals surface area (Å²) in [5.74, 6) is -3.20. The van der Waals surface area contributed by atoms with Crippen LogP contribution < -0.4 is 5.32 Å². The maximum absolute atomic E-state index is 13.4. The minimum atomic E-state index is -1.38. The van der Waals surface area contributed by atoms with E-state index in [1.807, 2.05) is 0 Å². The average molecular weight is 591 g/mol. The number of amides is 1. The predicted molar refractivity (Wildman–Crippen MR) is 138 cm³/mol. The number of halogens is 6. The molecule has 0 saturated heterocycles. The summed E-state index contributed by atoms with van der Waals surface area (Å²) in [4.78, 5) is 36.3. The molecule has 1 aliphatic rings. The highest BCUT2D eigenvalue weighted by molar-refractivity contribution is 6.53. The van der Waals surface area contributed by atoms with E-state index in [4.69, 9.17) is 58.0 Å². The lowest BCUT2D eigenvalue weighted by atomic mass is 10.0. The van der Waals surface area contributed by atoms with Crippen molar-refractivity contribution in [2.75, 3.05) is 5.32 Å². The van der Waals surface area contributed by atoms with E-state index in [0.29, 0.717) is 15.6 Å². The molecule has 36 heavy (non-hydrogen) atoms. The topological polar surface area (TPSA) is 89.3 Å². The van der Waals surface area contributed by atoms with E-state index < -0.39 is 50.7 Å². The van der Waals surface area contributed by atoms with Gasteiger partial charge in [-0.1, -0.05) is 40.9 Å². The molecule has 2 atom stereocenters. The first-order chi connectivity index (χ1) is 16.9. The molecular weight excluding hydrogens is 577 g/mol. The van der Waals surface area contributed by atoms with Crippen LogP contribution in [0.2, 0.25) is 15.1 Å². The summed E-state index contributed by atoms with van der Waals surface area (Å²) in [6, 6.07) is 12.0. The zero-order valence-corrected chi connectivity index (χ0v) is 21.7. The van der Waals surface area contributed by atoms with Gasteiger partial charge < -0.3 is 5.32 Å². The lowest BCUT2D eigenvalue weighted by molar-refractivity contribution is -0.385. The highest BCUT2D eigenvalue weighted by Gasteiger charge is 2.67. The maximum Gasteiger partial charge on any atom is 0.275 e. The molecule has 1 amide bonds. The number of nitro benzene ring substituents is 1. The fourth-order valence-corrected chi connectivity index (χ4v) is 5.29. The van der Waals surface area contributed by atoms with Crippen molar-refractivity contribution in [1.29, 1.82) is 0 Å². The fourth-order valence-electron chi connectivity index (χ4n) is 3.93. The number of carbonyl (C=O) groups excluding carboxylic acids is 2. The Labute approximate surface area is 229 Å². The van der Waals surface area contributed by atoms with Gasteiger partial charge in [0.15, 0.2) is 5.78 Å². The molecular formula is C24H14Cl5FN2O4. The van der Waals surface area contributed by atoms with Crippen molar-refractivity contribution in [3.05, 3.63) is 102 Å². The van der Waals surface area contributed by atoms with Crippen LogP contribution in [-0.4, -0.2) is 20.9 Å². The number of nitrogens with zero attached hydrogens (tertiary/aromatic N) is 1. The third kappa shape index (κ3) is 5.31. The van der Waals surface area contributed by atoms with Crippen LogP contribution >= 0.6 is 58.0 Å². The monoisotopic (exact) mass is 588 g/mol. The third-order valence-corrected chi connectivity index (χ3v) is 7.78. The van der Waals surface area contributed by atoms with Crippen LogP contribution in [0.1, 0.15) is 27.4 Å². The lowest BCUT2D eigenvalue weighted by Gasteiger charge is -2.10. The Balaban J connectivity index is 1.53. The van der Waals surface area contributed by atoms with Gasteiger partial charge in [0.2, 0.25) is 5.91 Å². The Kier molecular flexibility index (Phi) is 7.51. The normalized spacial score (nSPS) is 17.9. The largest absolute Gasteiger partial charge is 0.326 e. The SMILES string of the molecule is O=C(Cc1ccc(F)cc1[N+](=O)[O-])c1cc(NC(=O)[C@H]2[C@H](c3ccc(Cl)c(Cl)c3)C2(Cl)Cl)ccc1Cl. The molecule has 1 fully saturated rings. The summed E-state index contributed by atoms with van der Waals surface area (Å²) < 4.78 is 12.0. The van der Waals surface area contributed by atoms with E-state index in [0.717, 1.165) is 12.1 Å². The minimum absolute atomic E-state index is 0.0212. The summed E-state index contributed by atoms with van der Waals surface area (Å²) in [6.45, 7) is 0. The second kappa shape index (κ2) is 10.1. The number of Topliss-reactive ketones (excluding diaryl/α,β-unsaturated/α-hetero) is 1. The summed E-state index contributed by atoms with van der Waals surface area (Å²) in [5, 5.41) is 14.6. The zero-order chi connectivity index (χ0) is 26.4. The van der Waals surface area contributed by atoms with Crippen molar-refractivity contribution >= 4 is 81.1 Å². The van der Waals surface area contributed by atoms with Crippen LogP contribution in [0, 0.1) is 21.8 Å². The number of alkyl halides is 2. The molecule has 1 aliphatic carbocycles. The van der Waals surface area contributed by atoms with Gasteiger partial charge in [-0.25, -0.2) is 4.39 Å². The maximum atomic E-state index is 13.4. The van der Waals surface area contributed by atoms with Gasteiger partial charge in [0.25, 0.3) is 5.69 Å². The highest BCUT2D eigenvalue weighted by Crippen LogP contribution is 2.65. The quantitative estimate of drug-likeness (QED) is 0.133. The summed E-state index contributed by atoms with van der Waals surface area (Å²) in [6.07, 6.45) is -0.401. The van der Waals surface area contributed by atoms with Gasteiger partial charge in [-0.2, -0.15) is 0 Å². The molecule has 0 bridgehead atoms. The Hall–Kier alpha value is -2.42. The fraction of sp³-hybridized carbons (Fsp3) is 0.167. The summed E-state index contributed by atoms with van der Waals surface area (Å²) in [7, 11) is 0. The molecule has 0 aliphatic heterocycles. The van der Waals surface area contributed by atoms with Crippen LogP contribution in [0.3, 0.4) is 0 Å². The van der Waals surface area contributed by atoms with Crippen LogP contribution in [-0.2, 0) is 11.2 Å². The van der Waals surface area contributed by atoms with Gasteiger partial charge in [-0.3, -0.25) is 19.7 Å². The second-order valence-electron chi connectivity index (χ2n) is 8.12. The standard InChI is InChI=1S/C24H14Cl5FN2O4/c25-16-6-4-14(10-15(16)20(33)8-11-1-3-13(30)9-19(11)32(35)36)31-23(34)22-21(24(22,28)29)12-2-5-17(26)18(27)7-12/h1-7,9-10,21-22H,8H2,(H,31,34)/t21-,22+/m0/s1. The number of nitrogens with one attached hydrogen (secondary N) is 1. The number of hydrogen-bond acceptors (Lipinski definition) is 4. The van der Waals surface area contributed by atoms with E-state index in [-0.39, 0.29) is 21.8 Å². The molecule has 186 valence electrons. The number of hydrogen-bond donors (Lipinski definition) is 1. The summed E-state index contributed by atoms with van der Waals surface area (Å²) >= 11 is 31.0. The molecule has 0 heterocycles. The molecule has 0 aromatic heterocycles. The zero-order valence-electron chi connectivity index (χ0n) is 17.9. The molecule has 3 aromatic carbocycles. The van der Waals surface area contributed by atoms with E-state index in [2.05, 4.69) is 5.32 Å². The van der Waals surface area contributed by atoms with Crippen LogP contribution in [0.5, 0.6) is 0 Å². The number of carbonyl (C=O) groups is 2. The smallest absolute Gasteiger partial charge is 0.275 e. The van der Waals surface area contributed by atoms with Crippen LogP contribution in [0.15, 0.2) is 54.6 Å². The number of ketones is 1. The third-order valence-electron chi connectivity index (χ3n) is 5.77. The van der Waals surface area contributed by atoms with E-state index >= 15 is 0 Å². The Morgan fingerprint density at radius 1 is 0.972 bits per heavy atom. The van der Waals surface area contributed by atoms with Gasteiger partial charge in [-0.15, -0.1) is 23.2 Å². The molecule has 0 unspecified atom stereocenters. The minimum Gasteiger partial charge on any atom is -0.326 e. The molecule has 6 nitrogen and oxygen atoms in total.